The summed E-state index contributed by atoms with van der Waals surface area (Å²) in [6.07, 6.45) is -0.353. The van der Waals surface area contributed by atoms with E-state index in [0.29, 0.717) is 36.1 Å². The van der Waals surface area contributed by atoms with Gasteiger partial charge in [0.1, 0.15) is 5.52 Å². The number of likely N-dealkylation sites (tertiary alicyclic amines) is 1. The van der Waals surface area contributed by atoms with Crippen molar-refractivity contribution in [3.8, 4) is 0 Å². The molecule has 2 aliphatic rings. The Balaban J connectivity index is 1.55. The first kappa shape index (κ1) is 22.5. The number of nitrogens with one attached hydrogen (secondary N) is 2. The van der Waals surface area contributed by atoms with Gasteiger partial charge in [-0.1, -0.05) is 11.6 Å². The van der Waals surface area contributed by atoms with E-state index in [1.54, 1.807) is 10.8 Å². The Morgan fingerprint density at radius 3 is 2.62 bits per heavy atom. The zero-order valence-electron chi connectivity index (χ0n) is 17.8. The average Bonchev–Trinajstić information content (AvgIpc) is 3.34. The number of anilines is 3. The van der Waals surface area contributed by atoms with Crippen LogP contribution in [-0.2, 0) is 6.18 Å². The minimum Gasteiger partial charge on any atom is -0.465 e. The van der Waals surface area contributed by atoms with Crippen molar-refractivity contribution in [2.45, 2.75) is 43.9 Å². The summed E-state index contributed by atoms with van der Waals surface area (Å²) in [5.74, 6) is 0.665. The van der Waals surface area contributed by atoms with Crippen LogP contribution in [-0.4, -0.2) is 54.8 Å². The number of hydrogen-bond acceptors (Lipinski definition) is 6. The van der Waals surface area contributed by atoms with Crippen molar-refractivity contribution in [3.05, 3.63) is 35.0 Å². The van der Waals surface area contributed by atoms with Crippen LogP contribution >= 0.6 is 11.6 Å². The van der Waals surface area contributed by atoms with Crippen molar-refractivity contribution < 1.29 is 23.1 Å². The molecule has 2 aromatic heterocycles. The predicted octanol–water partition coefficient (Wildman–Crippen LogP) is 5.13. The second-order valence-corrected chi connectivity index (χ2v) is 8.94. The quantitative estimate of drug-likeness (QED) is 0.450. The monoisotopic (exact) mass is 495 g/mol. The maximum absolute atomic E-state index is 13.3. The van der Waals surface area contributed by atoms with Crippen LogP contribution in [0, 0.1) is 0 Å². The van der Waals surface area contributed by atoms with E-state index in [2.05, 4.69) is 25.6 Å². The normalized spacial score (nSPS) is 18.8. The van der Waals surface area contributed by atoms with E-state index in [-0.39, 0.29) is 29.2 Å². The number of benzene rings is 1. The van der Waals surface area contributed by atoms with Crippen molar-refractivity contribution in [2.75, 3.05) is 23.7 Å². The van der Waals surface area contributed by atoms with E-state index in [1.165, 1.54) is 11.0 Å². The molecule has 3 N–H and O–H groups in total. The van der Waals surface area contributed by atoms with Crippen LogP contribution in [0.25, 0.3) is 11.2 Å². The molecule has 9 nitrogen and oxygen atoms in total. The van der Waals surface area contributed by atoms with Crippen molar-refractivity contribution >= 4 is 46.4 Å². The SMILES string of the molecule is O=C(O)N1CCC(n2c(Nc3cc(Cl)cc(C(F)(F)F)c3)nc3cnc(NC4CCC4)nc32)C1. The van der Waals surface area contributed by atoms with E-state index >= 15 is 0 Å². The Bertz CT molecular complexity index is 1250. The first-order valence-electron chi connectivity index (χ1n) is 10.8. The molecule has 34 heavy (non-hydrogen) atoms. The molecule has 1 aliphatic carbocycles. The summed E-state index contributed by atoms with van der Waals surface area (Å²) in [6, 6.07) is 3.15. The van der Waals surface area contributed by atoms with Gasteiger partial charge >= 0.3 is 12.3 Å². The molecule has 1 atom stereocenters. The molecule has 1 unspecified atom stereocenters. The number of hydrogen-bond donors (Lipinski definition) is 3. The maximum Gasteiger partial charge on any atom is 0.416 e. The number of imidazole rings is 1. The molecule has 3 aromatic rings. The van der Waals surface area contributed by atoms with E-state index in [9.17, 15) is 23.1 Å². The number of halogens is 4. The van der Waals surface area contributed by atoms with Gasteiger partial charge in [0.15, 0.2) is 5.65 Å². The summed E-state index contributed by atoms with van der Waals surface area (Å²) in [5, 5.41) is 15.5. The van der Waals surface area contributed by atoms with Crippen LogP contribution in [0.2, 0.25) is 5.02 Å². The number of nitrogens with zero attached hydrogens (tertiary/aromatic N) is 5. The Labute approximate surface area is 197 Å². The fourth-order valence-corrected chi connectivity index (χ4v) is 4.45. The van der Waals surface area contributed by atoms with Gasteiger partial charge < -0.3 is 20.6 Å². The number of alkyl halides is 3. The van der Waals surface area contributed by atoms with Crippen LogP contribution in [0.4, 0.5) is 35.5 Å². The van der Waals surface area contributed by atoms with Crippen LogP contribution in [0.5, 0.6) is 0 Å². The summed E-state index contributed by atoms with van der Waals surface area (Å²) in [5.41, 5.74) is 0.114. The van der Waals surface area contributed by atoms with Gasteiger partial charge in [0, 0.05) is 29.8 Å². The van der Waals surface area contributed by atoms with Crippen LogP contribution in [0.15, 0.2) is 24.4 Å². The molecular weight excluding hydrogens is 475 g/mol. The standard InChI is InChI=1S/C21H21ClF3N7O2/c22-12-6-11(21(23,24)25)7-14(8-12)28-19-29-16-9-26-18(27-13-2-1-3-13)30-17(16)32(19)15-4-5-31(10-15)20(33)34/h6-9,13,15H,1-5,10H2,(H,28,29)(H,33,34)(H,26,27,30). The van der Waals surface area contributed by atoms with Crippen LogP contribution in [0.1, 0.15) is 37.3 Å². The third kappa shape index (κ3) is 4.41. The van der Waals surface area contributed by atoms with Gasteiger partial charge in [-0.25, -0.2) is 14.8 Å². The molecule has 1 saturated carbocycles. The third-order valence-corrected chi connectivity index (χ3v) is 6.37. The second-order valence-electron chi connectivity index (χ2n) is 8.50. The Kier molecular flexibility index (Phi) is 5.62. The van der Waals surface area contributed by atoms with Gasteiger partial charge in [-0.2, -0.15) is 18.2 Å². The third-order valence-electron chi connectivity index (χ3n) is 6.15. The van der Waals surface area contributed by atoms with Gasteiger partial charge in [0.05, 0.1) is 17.8 Å². The second kappa shape index (κ2) is 8.49. The summed E-state index contributed by atoms with van der Waals surface area (Å²) >= 11 is 5.94. The summed E-state index contributed by atoms with van der Waals surface area (Å²) < 4.78 is 41.6. The molecule has 1 aromatic carbocycles. The molecule has 1 aliphatic heterocycles. The van der Waals surface area contributed by atoms with Crippen molar-refractivity contribution in [1.29, 1.82) is 0 Å². The first-order valence-corrected chi connectivity index (χ1v) is 11.2. The largest absolute Gasteiger partial charge is 0.465 e. The fourth-order valence-electron chi connectivity index (χ4n) is 4.21. The predicted molar refractivity (Wildman–Crippen MR) is 120 cm³/mol. The summed E-state index contributed by atoms with van der Waals surface area (Å²) in [6.45, 7) is 0.529. The van der Waals surface area contributed by atoms with E-state index in [0.717, 1.165) is 31.4 Å². The number of fused-ring (bicyclic) bond motifs is 1. The fraction of sp³-hybridized carbons (Fsp3) is 0.429. The Morgan fingerprint density at radius 2 is 1.97 bits per heavy atom. The lowest BCUT2D eigenvalue weighted by atomic mass is 9.93. The Hall–Kier alpha value is -3.28. The number of amides is 1. The van der Waals surface area contributed by atoms with Gasteiger partial charge in [-0.15, -0.1) is 0 Å². The number of carbonyl (C=O) groups is 1. The van der Waals surface area contributed by atoms with Gasteiger partial charge in [-0.3, -0.25) is 4.57 Å². The molecule has 3 heterocycles. The van der Waals surface area contributed by atoms with Crippen LogP contribution in [0.3, 0.4) is 0 Å². The van der Waals surface area contributed by atoms with E-state index in [1.807, 2.05) is 0 Å². The number of aromatic nitrogens is 4. The van der Waals surface area contributed by atoms with Gasteiger partial charge in [0.2, 0.25) is 11.9 Å². The number of rotatable bonds is 5. The lowest BCUT2D eigenvalue weighted by Crippen LogP contribution is -2.28. The minimum atomic E-state index is -4.57. The lowest BCUT2D eigenvalue weighted by molar-refractivity contribution is -0.137. The van der Waals surface area contributed by atoms with E-state index in [4.69, 9.17) is 11.6 Å². The molecule has 0 bridgehead atoms. The zero-order valence-corrected chi connectivity index (χ0v) is 18.6. The van der Waals surface area contributed by atoms with E-state index < -0.39 is 17.8 Å². The molecule has 180 valence electrons. The summed E-state index contributed by atoms with van der Waals surface area (Å²) in [7, 11) is 0. The smallest absolute Gasteiger partial charge is 0.416 e. The first-order chi connectivity index (χ1) is 16.2. The lowest BCUT2D eigenvalue weighted by Gasteiger charge is -2.26. The van der Waals surface area contributed by atoms with Crippen LogP contribution < -0.4 is 10.6 Å². The highest BCUT2D eigenvalue weighted by atomic mass is 35.5. The molecule has 1 saturated heterocycles. The zero-order chi connectivity index (χ0) is 24.0. The highest BCUT2D eigenvalue weighted by Gasteiger charge is 2.33. The highest BCUT2D eigenvalue weighted by Crippen LogP contribution is 2.36. The molecular formula is C21H21ClF3N7O2. The van der Waals surface area contributed by atoms with Crippen molar-refractivity contribution in [1.82, 2.24) is 24.4 Å². The molecule has 13 heteroatoms. The minimum absolute atomic E-state index is 0.0790. The molecule has 1 amide bonds. The molecule has 2 fully saturated rings. The Morgan fingerprint density at radius 1 is 1.18 bits per heavy atom. The maximum atomic E-state index is 13.3. The topological polar surface area (TPSA) is 108 Å². The molecule has 0 spiro atoms. The van der Waals surface area contributed by atoms with Crippen molar-refractivity contribution in [3.63, 3.8) is 0 Å². The van der Waals surface area contributed by atoms with Crippen molar-refractivity contribution in [2.24, 2.45) is 0 Å². The highest BCUT2D eigenvalue weighted by molar-refractivity contribution is 6.31. The molecule has 0 radical (unpaired) electrons. The van der Waals surface area contributed by atoms with Gasteiger partial charge in [0.25, 0.3) is 0 Å². The number of carboxylic acid groups (broad SMARTS) is 1. The average molecular weight is 496 g/mol. The van der Waals surface area contributed by atoms with Gasteiger partial charge in [-0.05, 0) is 43.9 Å². The molecule has 5 rings (SSSR count). The summed E-state index contributed by atoms with van der Waals surface area (Å²) in [4.78, 5) is 26.2.